The second-order valence-corrected chi connectivity index (χ2v) is 5.32. The first-order valence-electron chi connectivity index (χ1n) is 6.13. The molecule has 2 aromatic rings. The second kappa shape index (κ2) is 6.18. The minimum atomic E-state index is 0.995. The molecule has 2 heterocycles. The third-order valence-corrected chi connectivity index (χ3v) is 3.77. The Morgan fingerprint density at radius 1 is 1.44 bits per heavy atom. The molecule has 0 aliphatic heterocycles. The van der Waals surface area contributed by atoms with Gasteiger partial charge in [0.15, 0.2) is 0 Å². The van der Waals surface area contributed by atoms with Crippen molar-refractivity contribution in [2.24, 2.45) is 0 Å². The Kier molecular flexibility index (Phi) is 4.58. The van der Waals surface area contributed by atoms with E-state index in [1.165, 1.54) is 14.7 Å². The maximum absolute atomic E-state index is 4.43. The Bertz CT molecular complexity index is 594. The molecular weight excluding hydrogens is 335 g/mol. The summed E-state index contributed by atoms with van der Waals surface area (Å²) in [7, 11) is 0. The first kappa shape index (κ1) is 13.3. The van der Waals surface area contributed by atoms with Gasteiger partial charge in [-0.3, -0.25) is 4.98 Å². The van der Waals surface area contributed by atoms with Crippen molar-refractivity contribution in [1.29, 1.82) is 0 Å². The predicted octanol–water partition coefficient (Wildman–Crippen LogP) is 4.55. The summed E-state index contributed by atoms with van der Waals surface area (Å²) in [6, 6.07) is 4.13. The summed E-state index contributed by atoms with van der Waals surface area (Å²) < 4.78 is 3.51. The van der Waals surface area contributed by atoms with E-state index in [0.717, 1.165) is 18.5 Å². The van der Waals surface area contributed by atoms with Crippen LogP contribution in [0.2, 0.25) is 0 Å². The van der Waals surface area contributed by atoms with Crippen molar-refractivity contribution in [2.75, 3.05) is 0 Å². The molecule has 0 radical (unpaired) electrons. The molecule has 0 fully saturated rings. The van der Waals surface area contributed by atoms with E-state index in [9.17, 15) is 0 Å². The Labute approximate surface area is 122 Å². The van der Waals surface area contributed by atoms with Crippen LogP contribution in [0.3, 0.4) is 0 Å². The van der Waals surface area contributed by atoms with Crippen molar-refractivity contribution < 1.29 is 0 Å². The molecule has 94 valence electrons. The average molecular weight is 352 g/mol. The van der Waals surface area contributed by atoms with E-state index < -0.39 is 0 Å². The molecule has 0 spiro atoms. The SMILES string of the molecule is C/C=C\C(=C/C)CCn1cc(I)c2ncccc21. The van der Waals surface area contributed by atoms with Gasteiger partial charge in [-0.1, -0.05) is 23.8 Å². The molecule has 2 rings (SSSR count). The summed E-state index contributed by atoms with van der Waals surface area (Å²) in [5.41, 5.74) is 3.70. The number of pyridine rings is 1. The van der Waals surface area contributed by atoms with Crippen LogP contribution in [0.5, 0.6) is 0 Å². The summed E-state index contributed by atoms with van der Waals surface area (Å²) in [4.78, 5) is 4.43. The van der Waals surface area contributed by atoms with Gasteiger partial charge in [-0.15, -0.1) is 0 Å². The molecule has 0 aliphatic rings. The molecule has 0 aromatic carbocycles. The number of aryl methyl sites for hydroxylation is 1. The largest absolute Gasteiger partial charge is 0.345 e. The summed E-state index contributed by atoms with van der Waals surface area (Å²) in [6.45, 7) is 5.14. The number of aromatic nitrogens is 2. The first-order valence-corrected chi connectivity index (χ1v) is 7.21. The minimum absolute atomic E-state index is 0.995. The maximum atomic E-state index is 4.43. The van der Waals surface area contributed by atoms with Crippen LogP contribution in [0.1, 0.15) is 20.3 Å². The molecule has 0 unspecified atom stereocenters. The fourth-order valence-electron chi connectivity index (χ4n) is 2.05. The number of fused-ring (bicyclic) bond motifs is 1. The number of hydrogen-bond acceptors (Lipinski definition) is 1. The molecule has 0 N–H and O–H groups in total. The topological polar surface area (TPSA) is 17.8 Å². The lowest BCUT2D eigenvalue weighted by Crippen LogP contribution is -1.97. The number of nitrogens with zero attached hydrogens (tertiary/aromatic N) is 2. The van der Waals surface area contributed by atoms with Crippen LogP contribution in [0.15, 0.2) is 48.3 Å². The molecule has 0 bridgehead atoms. The highest BCUT2D eigenvalue weighted by atomic mass is 127. The van der Waals surface area contributed by atoms with Gasteiger partial charge in [0, 0.05) is 18.9 Å². The molecule has 2 nitrogen and oxygen atoms in total. The highest BCUT2D eigenvalue weighted by Crippen LogP contribution is 2.21. The zero-order valence-corrected chi connectivity index (χ0v) is 12.9. The van der Waals surface area contributed by atoms with E-state index in [2.05, 4.69) is 76.5 Å². The van der Waals surface area contributed by atoms with Gasteiger partial charge in [0.25, 0.3) is 0 Å². The van der Waals surface area contributed by atoms with Crippen molar-refractivity contribution >= 4 is 33.6 Å². The van der Waals surface area contributed by atoms with Gasteiger partial charge in [-0.25, -0.2) is 0 Å². The zero-order valence-electron chi connectivity index (χ0n) is 10.7. The lowest BCUT2D eigenvalue weighted by molar-refractivity contribution is 0.723. The molecule has 3 heteroatoms. The van der Waals surface area contributed by atoms with Gasteiger partial charge < -0.3 is 4.57 Å². The quantitative estimate of drug-likeness (QED) is 0.583. The van der Waals surface area contributed by atoms with Gasteiger partial charge in [0.05, 0.1) is 9.09 Å². The highest BCUT2D eigenvalue weighted by molar-refractivity contribution is 14.1. The third-order valence-electron chi connectivity index (χ3n) is 2.98. The van der Waals surface area contributed by atoms with Crippen molar-refractivity contribution in [3.63, 3.8) is 0 Å². The molecule has 0 aliphatic carbocycles. The van der Waals surface area contributed by atoms with Crippen LogP contribution < -0.4 is 0 Å². The average Bonchev–Trinajstić information content (AvgIpc) is 2.72. The Hall–Kier alpha value is -1.10. The van der Waals surface area contributed by atoms with Crippen LogP contribution in [-0.4, -0.2) is 9.55 Å². The van der Waals surface area contributed by atoms with Gasteiger partial charge in [0.2, 0.25) is 0 Å². The first-order chi connectivity index (χ1) is 8.76. The van der Waals surface area contributed by atoms with E-state index in [1.54, 1.807) is 0 Å². The van der Waals surface area contributed by atoms with Gasteiger partial charge in [-0.05, 0) is 55.0 Å². The smallest absolute Gasteiger partial charge is 0.101 e. The lowest BCUT2D eigenvalue weighted by atomic mass is 10.1. The Morgan fingerprint density at radius 3 is 3.00 bits per heavy atom. The number of allylic oxidation sites excluding steroid dienone is 4. The minimum Gasteiger partial charge on any atom is -0.345 e. The zero-order chi connectivity index (χ0) is 13.0. The molecule has 0 atom stereocenters. The van der Waals surface area contributed by atoms with E-state index >= 15 is 0 Å². The standard InChI is InChI=1S/C15H17IN2/c1-3-6-12(4-2)8-10-18-11-13(16)15-14(18)7-5-9-17-15/h3-7,9,11H,8,10H2,1-2H3/b6-3-,12-4+. The van der Waals surface area contributed by atoms with E-state index in [1.807, 2.05) is 12.3 Å². The number of rotatable bonds is 4. The van der Waals surface area contributed by atoms with Crippen LogP contribution in [-0.2, 0) is 6.54 Å². The van der Waals surface area contributed by atoms with Crippen molar-refractivity contribution in [2.45, 2.75) is 26.8 Å². The Balaban J connectivity index is 2.22. The van der Waals surface area contributed by atoms with E-state index in [0.29, 0.717) is 0 Å². The van der Waals surface area contributed by atoms with E-state index in [4.69, 9.17) is 0 Å². The molecule has 0 saturated carbocycles. The predicted molar refractivity (Wildman–Crippen MR) is 85.6 cm³/mol. The normalized spacial score (nSPS) is 12.7. The maximum Gasteiger partial charge on any atom is 0.101 e. The van der Waals surface area contributed by atoms with Gasteiger partial charge in [-0.2, -0.15) is 0 Å². The summed E-state index contributed by atoms with van der Waals surface area (Å²) >= 11 is 2.35. The second-order valence-electron chi connectivity index (χ2n) is 4.16. The monoisotopic (exact) mass is 352 g/mol. The highest BCUT2D eigenvalue weighted by Gasteiger charge is 2.06. The van der Waals surface area contributed by atoms with Crippen LogP contribution >= 0.6 is 22.6 Å². The van der Waals surface area contributed by atoms with Crippen molar-refractivity contribution in [3.8, 4) is 0 Å². The molecule has 0 amide bonds. The van der Waals surface area contributed by atoms with Crippen molar-refractivity contribution in [1.82, 2.24) is 9.55 Å². The fraction of sp³-hybridized carbons (Fsp3) is 0.267. The van der Waals surface area contributed by atoms with Crippen LogP contribution in [0.25, 0.3) is 11.0 Å². The Morgan fingerprint density at radius 2 is 2.28 bits per heavy atom. The van der Waals surface area contributed by atoms with Gasteiger partial charge >= 0.3 is 0 Å². The third kappa shape index (κ3) is 2.83. The van der Waals surface area contributed by atoms with Crippen LogP contribution in [0, 0.1) is 3.57 Å². The summed E-state index contributed by atoms with van der Waals surface area (Å²) in [5, 5.41) is 0. The number of halogens is 1. The molecule has 2 aromatic heterocycles. The van der Waals surface area contributed by atoms with Crippen LogP contribution in [0.4, 0.5) is 0 Å². The van der Waals surface area contributed by atoms with Gasteiger partial charge in [0.1, 0.15) is 5.52 Å². The van der Waals surface area contributed by atoms with Crippen molar-refractivity contribution in [3.05, 3.63) is 51.9 Å². The molecule has 0 saturated heterocycles. The lowest BCUT2D eigenvalue weighted by Gasteiger charge is -2.05. The molecular formula is C15H17IN2. The molecule has 18 heavy (non-hydrogen) atoms. The summed E-state index contributed by atoms with van der Waals surface area (Å²) in [5.74, 6) is 0. The van der Waals surface area contributed by atoms with E-state index in [-0.39, 0.29) is 0 Å². The summed E-state index contributed by atoms with van der Waals surface area (Å²) in [6.07, 6.45) is 11.5. The number of hydrogen-bond donors (Lipinski definition) is 0. The fourth-order valence-corrected chi connectivity index (χ4v) is 2.80.